The number of halogens is 3. The molecular weight excluding hydrogens is 387 g/mol. The van der Waals surface area contributed by atoms with Crippen molar-refractivity contribution in [2.75, 3.05) is 38.3 Å². The van der Waals surface area contributed by atoms with Crippen LogP contribution in [0.2, 0.25) is 0 Å². The molecule has 0 atom stereocenters. The van der Waals surface area contributed by atoms with Crippen molar-refractivity contribution in [2.45, 2.75) is 19.3 Å². The van der Waals surface area contributed by atoms with E-state index < -0.39 is 11.7 Å². The maximum Gasteiger partial charge on any atom is 0.416 e. The fourth-order valence-electron chi connectivity index (χ4n) is 3.04. The molecule has 0 spiro atoms. The maximum absolute atomic E-state index is 13.6. The number of nitrogens with zero attached hydrogens (tertiary/aromatic N) is 5. The van der Waals surface area contributed by atoms with E-state index in [1.54, 1.807) is 24.8 Å². The standard InChI is InChI=1S/C18H24F3N7O/c1-22-17(24-11-16-25-12-26-27(16)2)23-10-13-3-4-14(9-15(13)18(19,20)21)28-5-7-29-8-6-28/h3-4,9,12H,5-8,10-11H2,1-2H3,(H2,22,23,24). The number of anilines is 1. The second-order valence-corrected chi connectivity index (χ2v) is 6.52. The SMILES string of the molecule is CN=C(NCc1ccc(N2CCOCC2)cc1C(F)(F)F)NCc1ncnn1C. The molecule has 8 nitrogen and oxygen atoms in total. The molecule has 3 rings (SSSR count). The Labute approximate surface area is 166 Å². The van der Waals surface area contributed by atoms with Gasteiger partial charge in [0.05, 0.1) is 25.3 Å². The summed E-state index contributed by atoms with van der Waals surface area (Å²) in [5.74, 6) is 1.05. The minimum Gasteiger partial charge on any atom is -0.378 e. The zero-order chi connectivity index (χ0) is 20.9. The number of benzene rings is 1. The molecule has 1 aromatic heterocycles. The molecule has 0 saturated carbocycles. The molecule has 0 radical (unpaired) electrons. The fourth-order valence-corrected chi connectivity index (χ4v) is 3.04. The van der Waals surface area contributed by atoms with E-state index in [1.807, 2.05) is 4.90 Å². The Morgan fingerprint density at radius 3 is 2.55 bits per heavy atom. The van der Waals surface area contributed by atoms with E-state index in [0.717, 1.165) is 0 Å². The van der Waals surface area contributed by atoms with E-state index in [9.17, 15) is 13.2 Å². The average Bonchev–Trinajstić information content (AvgIpc) is 3.13. The van der Waals surface area contributed by atoms with Crippen molar-refractivity contribution in [2.24, 2.45) is 12.0 Å². The second kappa shape index (κ2) is 9.12. The molecule has 1 aromatic carbocycles. The van der Waals surface area contributed by atoms with Crippen LogP contribution in [0.5, 0.6) is 0 Å². The lowest BCUT2D eigenvalue weighted by Crippen LogP contribution is -2.37. The Morgan fingerprint density at radius 2 is 1.93 bits per heavy atom. The van der Waals surface area contributed by atoms with Gasteiger partial charge >= 0.3 is 6.18 Å². The van der Waals surface area contributed by atoms with Crippen LogP contribution in [0.25, 0.3) is 0 Å². The maximum atomic E-state index is 13.6. The monoisotopic (exact) mass is 411 g/mol. The van der Waals surface area contributed by atoms with E-state index in [0.29, 0.717) is 50.3 Å². The first-order valence-electron chi connectivity index (χ1n) is 9.18. The summed E-state index contributed by atoms with van der Waals surface area (Å²) in [7, 11) is 3.31. The van der Waals surface area contributed by atoms with Gasteiger partial charge in [0.15, 0.2) is 5.96 Å². The Kier molecular flexibility index (Phi) is 6.57. The number of nitrogens with one attached hydrogen (secondary N) is 2. The average molecular weight is 411 g/mol. The highest BCUT2D eigenvalue weighted by Gasteiger charge is 2.34. The van der Waals surface area contributed by atoms with Crippen LogP contribution in [0, 0.1) is 0 Å². The third kappa shape index (κ3) is 5.37. The number of aliphatic imine (C=N–C) groups is 1. The van der Waals surface area contributed by atoms with Crippen LogP contribution >= 0.6 is 0 Å². The minimum absolute atomic E-state index is 0.0171. The molecule has 1 aliphatic heterocycles. The van der Waals surface area contributed by atoms with Gasteiger partial charge in [-0.25, -0.2) is 4.98 Å². The van der Waals surface area contributed by atoms with E-state index in [1.165, 1.54) is 18.5 Å². The normalized spacial score (nSPS) is 15.5. The lowest BCUT2D eigenvalue weighted by Gasteiger charge is -2.29. The van der Waals surface area contributed by atoms with E-state index in [2.05, 4.69) is 25.7 Å². The van der Waals surface area contributed by atoms with Crippen molar-refractivity contribution in [3.8, 4) is 0 Å². The van der Waals surface area contributed by atoms with Gasteiger partial charge in [-0.1, -0.05) is 6.07 Å². The summed E-state index contributed by atoms with van der Waals surface area (Å²) < 4.78 is 47.8. The Balaban J connectivity index is 1.69. The third-order valence-electron chi connectivity index (χ3n) is 4.66. The molecule has 2 aromatic rings. The Bertz CT molecular complexity index is 844. The van der Waals surface area contributed by atoms with Gasteiger partial charge in [0, 0.05) is 39.4 Å². The van der Waals surface area contributed by atoms with Gasteiger partial charge in [0.2, 0.25) is 0 Å². The Morgan fingerprint density at radius 1 is 1.21 bits per heavy atom. The number of rotatable bonds is 5. The van der Waals surface area contributed by atoms with Gasteiger partial charge in [-0.2, -0.15) is 18.3 Å². The molecule has 2 heterocycles. The number of hydrogen-bond donors (Lipinski definition) is 2. The summed E-state index contributed by atoms with van der Waals surface area (Å²) in [6.07, 6.45) is -3.02. The highest BCUT2D eigenvalue weighted by molar-refractivity contribution is 5.79. The van der Waals surface area contributed by atoms with Crippen molar-refractivity contribution in [1.29, 1.82) is 0 Å². The summed E-state index contributed by atoms with van der Waals surface area (Å²) in [5.41, 5.74) is 0.0445. The molecule has 11 heteroatoms. The number of ether oxygens (including phenoxy) is 1. The summed E-state index contributed by atoms with van der Waals surface area (Å²) in [6.45, 7) is 2.51. The summed E-state index contributed by atoms with van der Waals surface area (Å²) in [6, 6.07) is 4.43. The first-order valence-corrected chi connectivity index (χ1v) is 9.18. The first kappa shape index (κ1) is 20.9. The number of aromatic nitrogens is 3. The van der Waals surface area contributed by atoms with Crippen LogP contribution in [-0.4, -0.2) is 54.1 Å². The van der Waals surface area contributed by atoms with Crippen molar-refractivity contribution >= 4 is 11.6 Å². The summed E-state index contributed by atoms with van der Waals surface area (Å²) in [5, 5.41) is 9.91. The van der Waals surface area contributed by atoms with Gasteiger partial charge in [-0.3, -0.25) is 9.67 Å². The highest BCUT2D eigenvalue weighted by Crippen LogP contribution is 2.35. The molecule has 29 heavy (non-hydrogen) atoms. The van der Waals surface area contributed by atoms with Gasteiger partial charge < -0.3 is 20.3 Å². The predicted molar refractivity (Wildman–Crippen MR) is 103 cm³/mol. The molecular formula is C18H24F3N7O. The summed E-state index contributed by atoms with van der Waals surface area (Å²) >= 11 is 0. The molecule has 0 unspecified atom stereocenters. The largest absolute Gasteiger partial charge is 0.416 e. The molecule has 158 valence electrons. The lowest BCUT2D eigenvalue weighted by molar-refractivity contribution is -0.138. The number of guanidine groups is 1. The van der Waals surface area contributed by atoms with Gasteiger partial charge in [0.1, 0.15) is 12.2 Å². The van der Waals surface area contributed by atoms with Crippen molar-refractivity contribution in [3.05, 3.63) is 41.5 Å². The lowest BCUT2D eigenvalue weighted by atomic mass is 10.0. The molecule has 1 aliphatic rings. The van der Waals surface area contributed by atoms with Crippen LogP contribution in [0.3, 0.4) is 0 Å². The van der Waals surface area contributed by atoms with E-state index in [-0.39, 0.29) is 12.1 Å². The second-order valence-electron chi connectivity index (χ2n) is 6.52. The minimum atomic E-state index is -4.45. The molecule has 0 amide bonds. The van der Waals surface area contributed by atoms with Gasteiger partial charge in [0.25, 0.3) is 0 Å². The third-order valence-corrected chi connectivity index (χ3v) is 4.66. The molecule has 1 saturated heterocycles. The number of aryl methyl sites for hydroxylation is 1. The van der Waals surface area contributed by atoms with Crippen LogP contribution in [-0.2, 0) is 31.1 Å². The topological polar surface area (TPSA) is 79.6 Å². The van der Waals surface area contributed by atoms with Gasteiger partial charge in [-0.05, 0) is 17.7 Å². The fraction of sp³-hybridized carbons (Fsp3) is 0.500. The zero-order valence-electron chi connectivity index (χ0n) is 16.3. The Hall–Kier alpha value is -2.82. The smallest absolute Gasteiger partial charge is 0.378 e. The quantitative estimate of drug-likeness (QED) is 0.574. The van der Waals surface area contributed by atoms with E-state index in [4.69, 9.17) is 4.74 Å². The molecule has 0 bridgehead atoms. The van der Waals surface area contributed by atoms with E-state index >= 15 is 0 Å². The van der Waals surface area contributed by atoms with Crippen molar-refractivity contribution in [3.63, 3.8) is 0 Å². The highest BCUT2D eigenvalue weighted by atomic mass is 19.4. The molecule has 0 aliphatic carbocycles. The summed E-state index contributed by atoms with van der Waals surface area (Å²) in [4.78, 5) is 10.0. The number of morpholine rings is 1. The van der Waals surface area contributed by atoms with Gasteiger partial charge in [-0.15, -0.1) is 0 Å². The van der Waals surface area contributed by atoms with Crippen LogP contribution in [0.1, 0.15) is 17.0 Å². The zero-order valence-corrected chi connectivity index (χ0v) is 16.3. The number of hydrogen-bond acceptors (Lipinski definition) is 5. The van der Waals surface area contributed by atoms with Crippen LogP contribution < -0.4 is 15.5 Å². The van der Waals surface area contributed by atoms with Crippen molar-refractivity contribution in [1.82, 2.24) is 25.4 Å². The van der Waals surface area contributed by atoms with Crippen LogP contribution in [0.15, 0.2) is 29.5 Å². The van der Waals surface area contributed by atoms with Crippen molar-refractivity contribution < 1.29 is 17.9 Å². The molecule has 2 N–H and O–H groups in total. The predicted octanol–water partition coefficient (Wildman–Crippen LogP) is 1.54. The molecule has 1 fully saturated rings. The number of alkyl halides is 3. The first-order chi connectivity index (χ1) is 13.9. The van der Waals surface area contributed by atoms with Crippen LogP contribution in [0.4, 0.5) is 18.9 Å².